The molecule has 2 aliphatic carbocycles. The van der Waals surface area contributed by atoms with Crippen LogP contribution in [0.25, 0.3) is 11.0 Å². The van der Waals surface area contributed by atoms with Gasteiger partial charge < -0.3 is 40.2 Å². The van der Waals surface area contributed by atoms with Gasteiger partial charge in [0.25, 0.3) is 0 Å². The summed E-state index contributed by atoms with van der Waals surface area (Å²) in [6.07, 6.45) is 23.5. The lowest BCUT2D eigenvalue weighted by Gasteiger charge is -2.26. The fourth-order valence-electron chi connectivity index (χ4n) is 7.15. The molecule has 10 rings (SSSR count). The normalized spacial score (nSPS) is 20.1. The van der Waals surface area contributed by atoms with Gasteiger partial charge in [0, 0.05) is 49.5 Å². The lowest BCUT2D eigenvalue weighted by molar-refractivity contribution is 0.255. The molecule has 0 aromatic carbocycles. The van der Waals surface area contributed by atoms with E-state index in [1.165, 1.54) is 44.9 Å². The van der Waals surface area contributed by atoms with Gasteiger partial charge in [0.15, 0.2) is 11.6 Å². The van der Waals surface area contributed by atoms with Crippen LogP contribution in [0.4, 0.5) is 29.2 Å². The first-order chi connectivity index (χ1) is 26.0. The van der Waals surface area contributed by atoms with Crippen LogP contribution in [0.3, 0.4) is 0 Å². The predicted molar refractivity (Wildman–Crippen MR) is 203 cm³/mol. The Morgan fingerprint density at radius 1 is 0.736 bits per heavy atom. The molecular weight excluding hydrogens is 696 g/mol. The number of aliphatic hydroxyl groups excluding tert-OH is 2. The number of hydrogen-bond donors (Lipinski definition) is 5. The molecular formula is C36H47ClN14O2. The number of anilines is 5. The summed E-state index contributed by atoms with van der Waals surface area (Å²) in [7, 11) is 0. The molecule has 4 aliphatic rings. The molecule has 53 heavy (non-hydrogen) atoms. The Labute approximate surface area is 312 Å². The highest BCUT2D eigenvalue weighted by Gasteiger charge is 2.27. The van der Waals surface area contributed by atoms with Crippen molar-refractivity contribution in [3.63, 3.8) is 0 Å². The summed E-state index contributed by atoms with van der Waals surface area (Å²) < 4.78 is 7.87. The highest BCUT2D eigenvalue weighted by molar-refractivity contribution is 6.28. The van der Waals surface area contributed by atoms with Crippen molar-refractivity contribution in [2.75, 3.05) is 41.8 Å². The van der Waals surface area contributed by atoms with Crippen LogP contribution in [0.5, 0.6) is 0 Å². The van der Waals surface area contributed by atoms with Crippen molar-refractivity contribution < 1.29 is 10.2 Å². The van der Waals surface area contributed by atoms with E-state index in [4.69, 9.17) is 21.7 Å². The van der Waals surface area contributed by atoms with Gasteiger partial charge in [-0.1, -0.05) is 0 Å². The van der Waals surface area contributed by atoms with E-state index in [1.807, 2.05) is 60.0 Å². The van der Waals surface area contributed by atoms with Crippen molar-refractivity contribution in [2.24, 2.45) is 0 Å². The maximum absolute atomic E-state index is 9.63. The molecule has 2 saturated carbocycles. The highest BCUT2D eigenvalue weighted by Crippen LogP contribution is 2.34. The molecule has 2 saturated heterocycles. The zero-order valence-corrected chi connectivity index (χ0v) is 30.4. The first-order valence-corrected chi connectivity index (χ1v) is 19.1. The summed E-state index contributed by atoms with van der Waals surface area (Å²) in [5.74, 6) is 3.61. The van der Waals surface area contributed by atoms with Gasteiger partial charge in [-0.25, -0.2) is 19.0 Å². The van der Waals surface area contributed by atoms with Crippen LogP contribution in [-0.4, -0.2) is 96.9 Å². The van der Waals surface area contributed by atoms with Gasteiger partial charge in [-0.15, -0.1) is 10.2 Å². The summed E-state index contributed by atoms with van der Waals surface area (Å²) >= 11 is 5.93. The Morgan fingerprint density at radius 2 is 1.36 bits per heavy atom. The molecule has 5 N–H and O–H groups in total. The second kappa shape index (κ2) is 16.1. The summed E-state index contributed by atoms with van der Waals surface area (Å²) in [6.45, 7) is 2.39. The van der Waals surface area contributed by atoms with E-state index >= 15 is 0 Å². The van der Waals surface area contributed by atoms with Crippen molar-refractivity contribution in [2.45, 2.75) is 88.4 Å². The summed E-state index contributed by atoms with van der Waals surface area (Å²) in [4.78, 5) is 20.0. The Morgan fingerprint density at radius 3 is 1.89 bits per heavy atom. The van der Waals surface area contributed by atoms with E-state index in [9.17, 15) is 5.11 Å². The maximum Gasteiger partial charge on any atom is 0.245 e. The fourth-order valence-corrected chi connectivity index (χ4v) is 7.32. The number of aliphatic hydroxyl groups is 2. The van der Waals surface area contributed by atoms with E-state index < -0.39 is 0 Å². The van der Waals surface area contributed by atoms with E-state index in [-0.39, 0.29) is 17.9 Å². The molecule has 16 nitrogen and oxygen atoms in total. The number of rotatable bonds is 9. The molecule has 2 aliphatic heterocycles. The SMILES string of the molecule is Clc1nc(Nc2cn(C3CCC3)cn2)c2cccn2n1.OC[C@@H]1CCCN1.OC[C@@H]1CCCN1c1nc(Nc2cn(C3CCC3)cn2)c2cccn2n1. The van der Waals surface area contributed by atoms with Gasteiger partial charge in [0.05, 0.1) is 31.9 Å². The molecule has 2 atom stereocenters. The smallest absolute Gasteiger partial charge is 0.245 e. The Kier molecular flexibility index (Phi) is 10.7. The summed E-state index contributed by atoms with van der Waals surface area (Å²) in [6, 6.07) is 9.46. The van der Waals surface area contributed by atoms with Gasteiger partial charge in [-0.2, -0.15) is 9.97 Å². The number of nitrogens with zero attached hydrogens (tertiary/aromatic N) is 11. The van der Waals surface area contributed by atoms with E-state index in [2.05, 4.69) is 61.3 Å². The van der Waals surface area contributed by atoms with Gasteiger partial charge in [-0.05, 0) is 107 Å². The molecule has 280 valence electrons. The third-order valence-electron chi connectivity index (χ3n) is 10.7. The third-order valence-corrected chi connectivity index (χ3v) is 10.8. The molecule has 4 fully saturated rings. The van der Waals surface area contributed by atoms with Gasteiger partial charge in [-0.3, -0.25) is 0 Å². The summed E-state index contributed by atoms with van der Waals surface area (Å²) in [5, 5.41) is 36.8. The first-order valence-electron chi connectivity index (χ1n) is 18.7. The zero-order chi connectivity index (χ0) is 36.1. The van der Waals surface area contributed by atoms with E-state index in [1.54, 1.807) is 4.52 Å². The number of imidazole rings is 2. The van der Waals surface area contributed by atoms with Crippen molar-refractivity contribution in [1.29, 1.82) is 0 Å². The number of halogens is 1. The van der Waals surface area contributed by atoms with Gasteiger partial charge in [0.1, 0.15) is 22.7 Å². The lowest BCUT2D eigenvalue weighted by Crippen LogP contribution is -2.34. The maximum atomic E-state index is 9.63. The molecule has 6 aromatic rings. The van der Waals surface area contributed by atoms with E-state index in [0.29, 0.717) is 36.5 Å². The second-order valence-electron chi connectivity index (χ2n) is 14.1. The van der Waals surface area contributed by atoms with Crippen molar-refractivity contribution >= 4 is 51.9 Å². The van der Waals surface area contributed by atoms with Crippen LogP contribution in [0, 0.1) is 0 Å². The largest absolute Gasteiger partial charge is 0.395 e. The molecule has 8 heterocycles. The quantitative estimate of drug-likeness (QED) is 0.132. The third kappa shape index (κ3) is 7.95. The van der Waals surface area contributed by atoms with Gasteiger partial charge >= 0.3 is 0 Å². The van der Waals surface area contributed by atoms with Crippen molar-refractivity contribution in [3.05, 3.63) is 67.0 Å². The number of hydrogen-bond acceptors (Lipinski definition) is 12. The Bertz CT molecular complexity index is 2090. The number of fused-ring (bicyclic) bond motifs is 2. The molecule has 0 bridgehead atoms. The van der Waals surface area contributed by atoms with Gasteiger partial charge in [0.2, 0.25) is 11.2 Å². The molecule has 17 heteroatoms. The van der Waals surface area contributed by atoms with Crippen molar-refractivity contribution in [1.82, 2.24) is 53.6 Å². The summed E-state index contributed by atoms with van der Waals surface area (Å²) in [5.41, 5.74) is 1.78. The van der Waals surface area contributed by atoms with Crippen LogP contribution in [0.15, 0.2) is 61.7 Å². The molecule has 6 aromatic heterocycles. The van der Waals surface area contributed by atoms with Crippen LogP contribution in [-0.2, 0) is 0 Å². The highest BCUT2D eigenvalue weighted by atomic mass is 35.5. The van der Waals surface area contributed by atoms with Crippen LogP contribution >= 0.6 is 11.6 Å². The topological polar surface area (TPSA) is 176 Å². The fraction of sp³-hybridized carbons (Fsp3) is 0.500. The van der Waals surface area contributed by atoms with Crippen LogP contribution in [0.2, 0.25) is 5.28 Å². The second-order valence-corrected chi connectivity index (χ2v) is 14.5. The average Bonchev–Trinajstić information content (AvgIpc) is 3.96. The van der Waals surface area contributed by atoms with E-state index in [0.717, 1.165) is 60.8 Å². The zero-order valence-electron chi connectivity index (χ0n) is 29.7. The standard InChI is InChI=1S/C18H23N7O.C13H13ClN6.C5H11NO/c26-11-14-6-2-8-24(14)18-21-17(15-7-3-9-25(15)22-18)20-16-10-23(12-19-16)13-4-1-5-13;14-13-17-12(10-5-2-6-20(10)18-13)16-11-7-19(8-15-11)9-3-1-4-9;7-4-5-2-1-3-6-5/h3,7,9-10,12-14,26H,1-2,4-6,8,11H2,(H,20,21,22);2,5-9H,1,3-4H2,(H,16,17,18);5-7H,1-4H2/t14-;;5-/m0.0/s1. The predicted octanol–water partition coefficient (Wildman–Crippen LogP) is 5.13. The minimum Gasteiger partial charge on any atom is -0.395 e. The minimum atomic E-state index is 0.0914. The molecule has 0 amide bonds. The molecule has 0 radical (unpaired) electrons. The monoisotopic (exact) mass is 742 g/mol. The Balaban J connectivity index is 0.000000131. The average molecular weight is 743 g/mol. The molecule has 0 unspecified atom stereocenters. The van der Waals surface area contributed by atoms with Crippen LogP contribution in [0.1, 0.15) is 76.3 Å². The van der Waals surface area contributed by atoms with Crippen molar-refractivity contribution in [3.8, 4) is 0 Å². The lowest BCUT2D eigenvalue weighted by atomic mass is 9.93. The number of nitrogens with one attached hydrogen (secondary N) is 3. The van der Waals surface area contributed by atoms with Crippen LogP contribution < -0.4 is 20.9 Å². The Hall–Kier alpha value is -4.77. The number of aromatic nitrogens is 10. The minimum absolute atomic E-state index is 0.0914. The first kappa shape index (κ1) is 35.3. The molecule has 0 spiro atoms.